The Labute approximate surface area is 277 Å². The maximum absolute atomic E-state index is 17.1. The molecule has 2 aromatic carbocycles. The Bertz CT molecular complexity index is 2000. The Morgan fingerprint density at radius 3 is 2.83 bits per heavy atom. The van der Waals surface area contributed by atoms with Gasteiger partial charge in [-0.1, -0.05) is 24.6 Å². The molecule has 6 heterocycles. The number of ether oxygens (including phenoxy) is 2. The van der Waals surface area contributed by atoms with Gasteiger partial charge in [0, 0.05) is 49.3 Å². The molecule has 0 amide bonds. The lowest BCUT2D eigenvalue weighted by molar-refractivity contribution is -0.0358. The van der Waals surface area contributed by atoms with Crippen molar-refractivity contribution in [1.29, 1.82) is 5.26 Å². The molecule has 8 rings (SSSR count). The van der Waals surface area contributed by atoms with Gasteiger partial charge in [0.15, 0.2) is 11.6 Å². The van der Waals surface area contributed by atoms with Crippen molar-refractivity contribution in [3.05, 3.63) is 34.4 Å². The van der Waals surface area contributed by atoms with Crippen LogP contribution < -0.4 is 20.1 Å². The molecule has 246 valence electrons. The summed E-state index contributed by atoms with van der Waals surface area (Å²) < 4.78 is 74.0. The summed E-state index contributed by atoms with van der Waals surface area (Å²) in [5, 5.41) is 10.2. The minimum Gasteiger partial charge on any atom is -0.491 e. The van der Waals surface area contributed by atoms with Gasteiger partial charge in [-0.15, -0.1) is 11.3 Å². The SMILES string of the molecule is C[C@H]1CN2CCCC2(COc2nc3c4c(c(Cl)c(-c5ccc(F)c6sc(N)c(C#N)c56)c(F)c4n2)OCCC2CC(F)(F)CCN32)C1. The van der Waals surface area contributed by atoms with Gasteiger partial charge < -0.3 is 20.1 Å². The average molecular weight is 687 g/mol. The van der Waals surface area contributed by atoms with E-state index in [1.807, 2.05) is 6.07 Å². The van der Waals surface area contributed by atoms with Crippen molar-refractivity contribution in [2.24, 2.45) is 5.92 Å². The fourth-order valence-electron chi connectivity index (χ4n) is 8.27. The van der Waals surface area contributed by atoms with Gasteiger partial charge in [0.25, 0.3) is 5.92 Å². The Morgan fingerprint density at radius 2 is 2.02 bits per heavy atom. The maximum atomic E-state index is 17.1. The van der Waals surface area contributed by atoms with Crippen molar-refractivity contribution in [2.75, 3.05) is 43.5 Å². The second kappa shape index (κ2) is 11.0. The number of nitrogens with zero attached hydrogens (tertiary/aromatic N) is 5. The summed E-state index contributed by atoms with van der Waals surface area (Å²) >= 11 is 7.87. The number of nitrogen functional groups attached to an aromatic ring is 1. The van der Waals surface area contributed by atoms with Gasteiger partial charge in [-0.3, -0.25) is 4.90 Å². The van der Waals surface area contributed by atoms with E-state index >= 15 is 4.39 Å². The normalized spacial score (nSPS) is 25.3. The van der Waals surface area contributed by atoms with E-state index in [1.165, 1.54) is 12.1 Å². The fraction of sp³-hybridized carbons (Fsp3) is 0.485. The van der Waals surface area contributed by atoms with Gasteiger partial charge in [-0.2, -0.15) is 15.2 Å². The van der Waals surface area contributed by atoms with Crippen molar-refractivity contribution >= 4 is 54.7 Å². The molecule has 2 N–H and O–H groups in total. The fourth-order valence-corrected chi connectivity index (χ4v) is 9.55. The summed E-state index contributed by atoms with van der Waals surface area (Å²) in [5.41, 5.74) is 5.75. The molecule has 4 aromatic rings. The molecule has 47 heavy (non-hydrogen) atoms. The third-order valence-corrected chi connectivity index (χ3v) is 11.7. The van der Waals surface area contributed by atoms with Gasteiger partial charge >= 0.3 is 6.01 Å². The van der Waals surface area contributed by atoms with E-state index in [0.29, 0.717) is 12.5 Å². The molecule has 2 unspecified atom stereocenters. The zero-order valence-corrected chi connectivity index (χ0v) is 27.1. The van der Waals surface area contributed by atoms with E-state index in [4.69, 9.17) is 31.8 Å². The van der Waals surface area contributed by atoms with Gasteiger partial charge in [-0.05, 0) is 43.4 Å². The van der Waals surface area contributed by atoms with Crippen LogP contribution in [0.1, 0.15) is 51.0 Å². The number of aromatic nitrogens is 2. The van der Waals surface area contributed by atoms with Crippen LogP contribution in [-0.2, 0) is 0 Å². The number of rotatable bonds is 4. The number of anilines is 2. The number of fused-ring (bicyclic) bond motifs is 4. The standard InChI is InChI=1S/C33H31ClF4N6O2S/c1-16-11-32(6-2-8-43(32)14-16)15-46-31-41-26-23-27(45-10-5-17-12-33(37,38)7-9-44(17)30(23)42-31)24(34)22(25(26)36)18-3-4-20(35)28-21(18)19(13-39)29(40)47-28/h3-4,16-17H,2,5-12,14-15,40H2,1H3/t16-,17?,32?/m1/s1. The van der Waals surface area contributed by atoms with Crippen molar-refractivity contribution in [2.45, 2.75) is 63.0 Å². The molecule has 4 aliphatic heterocycles. The molecule has 0 radical (unpaired) electrons. The molecule has 3 atom stereocenters. The van der Waals surface area contributed by atoms with E-state index in [2.05, 4.69) is 16.8 Å². The minimum atomic E-state index is -2.86. The first kappa shape index (κ1) is 30.7. The number of piperidine rings is 1. The molecule has 4 aliphatic rings. The lowest BCUT2D eigenvalue weighted by atomic mass is 9.91. The van der Waals surface area contributed by atoms with Gasteiger partial charge in [0.05, 0.1) is 32.8 Å². The maximum Gasteiger partial charge on any atom is 0.319 e. The Morgan fingerprint density at radius 1 is 1.19 bits per heavy atom. The molecular weight excluding hydrogens is 656 g/mol. The van der Waals surface area contributed by atoms with Crippen LogP contribution in [0.25, 0.3) is 32.1 Å². The van der Waals surface area contributed by atoms with E-state index in [-0.39, 0.29) is 90.4 Å². The van der Waals surface area contributed by atoms with Crippen LogP contribution in [0.4, 0.5) is 28.4 Å². The molecule has 3 fully saturated rings. The summed E-state index contributed by atoms with van der Waals surface area (Å²) in [6.07, 6.45) is 2.41. The van der Waals surface area contributed by atoms with Gasteiger partial charge in [0.1, 0.15) is 34.8 Å². The quantitative estimate of drug-likeness (QED) is 0.220. The number of benzene rings is 2. The van der Waals surface area contributed by atoms with Gasteiger partial charge in [0.2, 0.25) is 0 Å². The highest BCUT2D eigenvalue weighted by Crippen LogP contribution is 2.52. The number of halogens is 5. The molecule has 2 aromatic heterocycles. The average Bonchev–Trinajstić information content (AvgIpc) is 3.66. The highest BCUT2D eigenvalue weighted by Gasteiger charge is 2.48. The Balaban J connectivity index is 1.35. The predicted octanol–water partition coefficient (Wildman–Crippen LogP) is 7.54. The van der Waals surface area contributed by atoms with E-state index in [1.54, 1.807) is 4.90 Å². The van der Waals surface area contributed by atoms with E-state index in [9.17, 15) is 18.4 Å². The first-order valence-corrected chi connectivity index (χ1v) is 17.0. The molecule has 0 spiro atoms. The van der Waals surface area contributed by atoms with Crippen LogP contribution in [0.3, 0.4) is 0 Å². The first-order chi connectivity index (χ1) is 22.5. The number of hydrogen-bond acceptors (Lipinski definition) is 9. The van der Waals surface area contributed by atoms with Crippen molar-refractivity contribution in [1.82, 2.24) is 14.9 Å². The number of thiophene rings is 1. The van der Waals surface area contributed by atoms with Crippen molar-refractivity contribution in [3.8, 4) is 29.0 Å². The van der Waals surface area contributed by atoms with Crippen molar-refractivity contribution < 1.29 is 27.0 Å². The molecule has 3 saturated heterocycles. The smallest absolute Gasteiger partial charge is 0.319 e. The lowest BCUT2D eigenvalue weighted by Crippen LogP contribution is -2.48. The Hall–Kier alpha value is -3.60. The predicted molar refractivity (Wildman–Crippen MR) is 173 cm³/mol. The van der Waals surface area contributed by atoms with E-state index < -0.39 is 36.4 Å². The zero-order chi connectivity index (χ0) is 32.8. The summed E-state index contributed by atoms with van der Waals surface area (Å²) in [6, 6.07) is 3.84. The zero-order valence-electron chi connectivity index (χ0n) is 25.5. The summed E-state index contributed by atoms with van der Waals surface area (Å²) in [6.45, 7) is 4.47. The first-order valence-electron chi connectivity index (χ1n) is 15.8. The Kier molecular flexibility index (Phi) is 7.17. The highest BCUT2D eigenvalue weighted by molar-refractivity contribution is 7.23. The van der Waals surface area contributed by atoms with Crippen LogP contribution in [0.2, 0.25) is 5.02 Å². The second-order valence-electron chi connectivity index (χ2n) is 13.3. The number of nitrogens with two attached hydrogens (primary N) is 1. The molecular formula is C33H31ClF4N6O2S. The number of alkyl halides is 2. The molecule has 0 aliphatic carbocycles. The third-order valence-electron chi connectivity index (χ3n) is 10.3. The molecule has 0 saturated carbocycles. The van der Waals surface area contributed by atoms with Gasteiger partial charge in [-0.25, -0.2) is 17.6 Å². The molecule has 14 heteroatoms. The third kappa shape index (κ3) is 4.77. The van der Waals surface area contributed by atoms with Crippen LogP contribution in [0.5, 0.6) is 11.8 Å². The topological polar surface area (TPSA) is 101 Å². The summed E-state index contributed by atoms with van der Waals surface area (Å²) in [4.78, 5) is 13.5. The van der Waals surface area contributed by atoms with Crippen LogP contribution >= 0.6 is 22.9 Å². The lowest BCUT2D eigenvalue weighted by Gasteiger charge is -2.41. The number of nitriles is 1. The van der Waals surface area contributed by atoms with Crippen LogP contribution in [0.15, 0.2) is 12.1 Å². The summed E-state index contributed by atoms with van der Waals surface area (Å²) in [5.74, 6) is -3.53. The summed E-state index contributed by atoms with van der Waals surface area (Å²) in [7, 11) is 0. The van der Waals surface area contributed by atoms with Crippen LogP contribution in [0, 0.1) is 28.9 Å². The monoisotopic (exact) mass is 686 g/mol. The van der Waals surface area contributed by atoms with Crippen LogP contribution in [-0.4, -0.2) is 65.2 Å². The minimum absolute atomic E-state index is 0.00861. The highest BCUT2D eigenvalue weighted by atomic mass is 35.5. The number of hydrogen-bond donors (Lipinski definition) is 1. The molecule has 0 bridgehead atoms. The largest absolute Gasteiger partial charge is 0.491 e. The van der Waals surface area contributed by atoms with Crippen molar-refractivity contribution in [3.63, 3.8) is 0 Å². The second-order valence-corrected chi connectivity index (χ2v) is 14.7. The van der Waals surface area contributed by atoms with E-state index in [0.717, 1.165) is 43.7 Å². The molecule has 8 nitrogen and oxygen atoms in total.